The van der Waals surface area contributed by atoms with Crippen molar-refractivity contribution < 1.29 is 21.9 Å². The number of halogens is 1. The molecule has 1 rings (SSSR count). The summed E-state index contributed by atoms with van der Waals surface area (Å²) in [5, 5.41) is 0. The first-order valence-corrected chi connectivity index (χ1v) is 4.65. The van der Waals surface area contributed by atoms with E-state index in [4.69, 9.17) is 4.84 Å². The zero-order valence-electron chi connectivity index (χ0n) is 9.03. The first-order chi connectivity index (χ1) is 6.14. The maximum atomic E-state index is 5.57. The largest absolute Gasteiger partial charge is 1.00 e. The van der Waals surface area contributed by atoms with Crippen molar-refractivity contribution in [2.45, 2.75) is 13.5 Å². The summed E-state index contributed by atoms with van der Waals surface area (Å²) in [6.07, 6.45) is 0. The smallest absolute Gasteiger partial charge is 0.134 e. The molecule has 14 heavy (non-hydrogen) atoms. The van der Waals surface area contributed by atoms with E-state index in [9.17, 15) is 0 Å². The van der Waals surface area contributed by atoms with Crippen molar-refractivity contribution in [3.05, 3.63) is 35.9 Å². The van der Waals surface area contributed by atoms with Crippen LogP contribution in [0, 0.1) is 0 Å². The van der Waals surface area contributed by atoms with E-state index < -0.39 is 0 Å². The molecule has 0 aromatic heterocycles. The number of quaternary nitrogens is 1. The van der Waals surface area contributed by atoms with Gasteiger partial charge in [-0.1, -0.05) is 30.3 Å². The van der Waals surface area contributed by atoms with E-state index in [1.165, 1.54) is 5.56 Å². The van der Waals surface area contributed by atoms with Crippen LogP contribution < -0.4 is 12.4 Å². The molecule has 0 saturated heterocycles. The van der Waals surface area contributed by atoms with Crippen molar-refractivity contribution in [1.29, 1.82) is 0 Å². The van der Waals surface area contributed by atoms with E-state index in [0.717, 1.165) is 13.2 Å². The van der Waals surface area contributed by atoms with Crippen molar-refractivity contribution in [3.8, 4) is 0 Å². The van der Waals surface area contributed by atoms with Gasteiger partial charge in [0.2, 0.25) is 0 Å². The minimum absolute atomic E-state index is 0. The number of hydrogen-bond acceptors (Lipinski definition) is 1. The summed E-state index contributed by atoms with van der Waals surface area (Å²) in [5.41, 5.74) is 1.31. The van der Waals surface area contributed by atoms with E-state index in [0.29, 0.717) is 4.65 Å². The summed E-state index contributed by atoms with van der Waals surface area (Å²) in [6.45, 7) is 3.68. The van der Waals surface area contributed by atoms with Crippen LogP contribution in [-0.4, -0.2) is 25.3 Å². The summed E-state index contributed by atoms with van der Waals surface area (Å²) in [5.74, 6) is 0. The van der Waals surface area contributed by atoms with Gasteiger partial charge in [0, 0.05) is 5.56 Å². The summed E-state index contributed by atoms with van der Waals surface area (Å²) in [4.78, 5) is 5.57. The Kier molecular flexibility index (Phi) is 5.77. The fraction of sp³-hybridized carbons (Fsp3) is 0.455. The Balaban J connectivity index is 0.00000169. The zero-order valence-corrected chi connectivity index (χ0v) is 9.79. The Labute approximate surface area is 92.4 Å². The lowest BCUT2D eigenvalue weighted by molar-refractivity contribution is -1.09. The van der Waals surface area contributed by atoms with Crippen LogP contribution >= 0.6 is 0 Å². The third-order valence-corrected chi connectivity index (χ3v) is 1.88. The van der Waals surface area contributed by atoms with Gasteiger partial charge in [-0.3, -0.25) is 0 Å². The molecule has 0 N–H and O–H groups in total. The molecule has 0 unspecified atom stereocenters. The fourth-order valence-electron chi connectivity index (χ4n) is 1.42. The van der Waals surface area contributed by atoms with Gasteiger partial charge >= 0.3 is 0 Å². The third kappa shape index (κ3) is 4.61. The highest BCUT2D eigenvalue weighted by atomic mass is 35.5. The highest BCUT2D eigenvalue weighted by Gasteiger charge is 2.15. The molecular weight excluding hydrogens is 198 g/mol. The number of benzene rings is 1. The van der Waals surface area contributed by atoms with E-state index in [2.05, 4.69) is 38.4 Å². The second-order valence-electron chi connectivity index (χ2n) is 3.64. The first-order valence-electron chi connectivity index (χ1n) is 4.65. The molecule has 0 aliphatic heterocycles. The summed E-state index contributed by atoms with van der Waals surface area (Å²) in [7, 11) is 4.13. The van der Waals surface area contributed by atoms with Gasteiger partial charge < -0.3 is 12.4 Å². The van der Waals surface area contributed by atoms with Gasteiger partial charge in [-0.15, -0.1) is 0 Å². The minimum Gasteiger partial charge on any atom is -1.00 e. The van der Waals surface area contributed by atoms with E-state index in [-0.39, 0.29) is 12.4 Å². The monoisotopic (exact) mass is 215 g/mol. The number of nitrogens with zero attached hydrogens (tertiary/aromatic N) is 1. The van der Waals surface area contributed by atoms with Crippen molar-refractivity contribution in [1.82, 2.24) is 0 Å². The lowest BCUT2D eigenvalue weighted by Crippen LogP contribution is -3.00. The second-order valence-corrected chi connectivity index (χ2v) is 3.64. The van der Waals surface area contributed by atoms with Crippen LogP contribution in [0.15, 0.2) is 30.3 Å². The summed E-state index contributed by atoms with van der Waals surface area (Å²) in [6, 6.07) is 10.4. The maximum Gasteiger partial charge on any atom is 0.134 e. The van der Waals surface area contributed by atoms with Crippen molar-refractivity contribution in [2.24, 2.45) is 0 Å². The lowest BCUT2D eigenvalue weighted by Gasteiger charge is -2.26. The van der Waals surface area contributed by atoms with E-state index in [1.54, 1.807) is 0 Å². The lowest BCUT2D eigenvalue weighted by atomic mass is 10.2. The van der Waals surface area contributed by atoms with E-state index in [1.807, 2.05) is 13.0 Å². The van der Waals surface area contributed by atoms with Gasteiger partial charge in [0.05, 0.1) is 14.1 Å². The summed E-state index contributed by atoms with van der Waals surface area (Å²) < 4.78 is 0.584. The molecule has 0 aliphatic carbocycles. The molecule has 0 bridgehead atoms. The zero-order chi connectivity index (χ0) is 9.73. The van der Waals surface area contributed by atoms with Crippen LogP contribution in [0.3, 0.4) is 0 Å². The SMILES string of the molecule is CCO[N+](C)(C)Cc1ccccc1.[Cl-]. The Bertz CT molecular complexity index is 249. The average Bonchev–Trinajstić information content (AvgIpc) is 2.04. The molecule has 1 aromatic rings. The number of hydrogen-bond donors (Lipinski definition) is 0. The van der Waals surface area contributed by atoms with Crippen molar-refractivity contribution in [2.75, 3.05) is 20.7 Å². The van der Waals surface area contributed by atoms with Crippen LogP contribution in [-0.2, 0) is 11.4 Å². The predicted octanol–water partition coefficient (Wildman–Crippen LogP) is -0.781. The van der Waals surface area contributed by atoms with Crippen LogP contribution in [0.1, 0.15) is 12.5 Å². The van der Waals surface area contributed by atoms with Crippen LogP contribution in [0.2, 0.25) is 0 Å². The Hall–Kier alpha value is -0.570. The molecule has 0 aliphatic rings. The molecule has 3 heteroatoms. The quantitative estimate of drug-likeness (QED) is 0.473. The highest BCUT2D eigenvalue weighted by Crippen LogP contribution is 2.09. The molecule has 0 amide bonds. The fourth-order valence-corrected chi connectivity index (χ4v) is 1.42. The molecule has 0 atom stereocenters. The molecule has 0 saturated carbocycles. The van der Waals surface area contributed by atoms with Gasteiger partial charge in [-0.25, -0.2) is 4.84 Å². The first kappa shape index (κ1) is 13.4. The van der Waals surface area contributed by atoms with Gasteiger partial charge in [-0.05, 0) is 6.92 Å². The summed E-state index contributed by atoms with van der Waals surface area (Å²) >= 11 is 0. The molecule has 1 aromatic carbocycles. The molecule has 0 heterocycles. The van der Waals surface area contributed by atoms with Gasteiger partial charge in [0.15, 0.2) is 0 Å². The molecule has 2 nitrogen and oxygen atoms in total. The Morgan fingerprint density at radius 3 is 2.21 bits per heavy atom. The van der Waals surface area contributed by atoms with E-state index >= 15 is 0 Å². The average molecular weight is 216 g/mol. The second kappa shape index (κ2) is 6.02. The van der Waals surface area contributed by atoms with Crippen molar-refractivity contribution >= 4 is 0 Å². The molecule has 0 fully saturated rings. The van der Waals surface area contributed by atoms with Crippen LogP contribution in [0.25, 0.3) is 0 Å². The molecule has 0 spiro atoms. The van der Waals surface area contributed by atoms with Gasteiger partial charge in [0.1, 0.15) is 13.2 Å². The van der Waals surface area contributed by atoms with Crippen LogP contribution in [0.5, 0.6) is 0 Å². The third-order valence-electron chi connectivity index (χ3n) is 1.88. The normalized spacial score (nSPS) is 10.8. The Morgan fingerprint density at radius 2 is 1.71 bits per heavy atom. The Morgan fingerprint density at radius 1 is 1.14 bits per heavy atom. The minimum atomic E-state index is 0. The molecule has 0 radical (unpaired) electrons. The maximum absolute atomic E-state index is 5.57. The van der Waals surface area contributed by atoms with Gasteiger partial charge in [-0.2, -0.15) is 4.65 Å². The predicted molar refractivity (Wildman–Crippen MR) is 53.9 cm³/mol. The number of hydroxylamine groups is 3. The standard InChI is InChI=1S/C11H18NO.ClH/c1-4-13-12(2,3)10-11-8-6-5-7-9-11;/h5-9H,4,10H2,1-3H3;1H/q+1;/p-1. The molecular formula is C11H18ClNO. The van der Waals surface area contributed by atoms with Crippen molar-refractivity contribution in [3.63, 3.8) is 0 Å². The topological polar surface area (TPSA) is 9.23 Å². The number of rotatable bonds is 4. The molecule has 80 valence electrons. The highest BCUT2D eigenvalue weighted by molar-refractivity contribution is 5.13. The van der Waals surface area contributed by atoms with Crippen LogP contribution in [0.4, 0.5) is 0 Å². The van der Waals surface area contributed by atoms with Gasteiger partial charge in [0.25, 0.3) is 0 Å².